The van der Waals surface area contributed by atoms with E-state index in [9.17, 15) is 13.2 Å². The number of ether oxygens (including phenoxy) is 1. The van der Waals surface area contributed by atoms with E-state index in [1.165, 1.54) is 6.07 Å². The molecule has 0 saturated heterocycles. The summed E-state index contributed by atoms with van der Waals surface area (Å²) in [6.45, 7) is 5.54. The average Bonchev–Trinajstić information content (AvgIpc) is 2.57. The molecule has 0 aliphatic carbocycles. The van der Waals surface area contributed by atoms with Gasteiger partial charge in [-0.3, -0.25) is 0 Å². The molecule has 2 rings (SSSR count). The first-order valence-electron chi connectivity index (χ1n) is 5.97. The maximum absolute atomic E-state index is 11.5. The third-order valence-electron chi connectivity index (χ3n) is 2.31. The summed E-state index contributed by atoms with van der Waals surface area (Å²) in [6.07, 6.45) is -0.533. The molecule has 1 amide bonds. The molecular weight excluding hydrogens is 284 g/mol. The van der Waals surface area contributed by atoms with Crippen molar-refractivity contribution in [1.82, 2.24) is 5.32 Å². The van der Waals surface area contributed by atoms with E-state index < -0.39 is 22.0 Å². The van der Waals surface area contributed by atoms with Crippen LogP contribution in [0.5, 0.6) is 5.75 Å². The minimum absolute atomic E-state index is 0.226. The van der Waals surface area contributed by atoms with Crippen LogP contribution in [0.25, 0.3) is 0 Å². The van der Waals surface area contributed by atoms with Gasteiger partial charge in [-0.2, -0.15) is 8.42 Å². The topological polar surface area (TPSA) is 93.7 Å². The Morgan fingerprint density at radius 1 is 1.40 bits per heavy atom. The van der Waals surface area contributed by atoms with Gasteiger partial charge in [-0.05, 0) is 38.5 Å². The molecule has 1 aliphatic rings. The van der Waals surface area contributed by atoms with E-state index >= 15 is 0 Å². The van der Waals surface area contributed by atoms with Crippen molar-refractivity contribution in [2.24, 2.45) is 0 Å². The molecular formula is C12H16N2O5S. The lowest BCUT2D eigenvalue weighted by Crippen LogP contribution is -2.32. The van der Waals surface area contributed by atoms with E-state index in [-0.39, 0.29) is 12.3 Å². The quantitative estimate of drug-likeness (QED) is 0.868. The number of anilines is 1. The Morgan fingerprint density at radius 3 is 2.75 bits per heavy atom. The molecule has 0 bridgehead atoms. The SMILES string of the molecule is CC(C)(C)OC(=O)NCc1ccc2c(c1)NS(=O)(=O)O2. The van der Waals surface area contributed by atoms with E-state index in [2.05, 4.69) is 14.2 Å². The summed E-state index contributed by atoms with van der Waals surface area (Å²) in [7, 11) is -3.74. The molecule has 2 N–H and O–H groups in total. The van der Waals surface area contributed by atoms with Gasteiger partial charge in [-0.25, -0.2) is 9.52 Å². The molecule has 20 heavy (non-hydrogen) atoms. The van der Waals surface area contributed by atoms with E-state index in [0.717, 1.165) is 5.56 Å². The lowest BCUT2D eigenvalue weighted by atomic mass is 10.2. The van der Waals surface area contributed by atoms with Crippen LogP contribution >= 0.6 is 0 Å². The van der Waals surface area contributed by atoms with Gasteiger partial charge in [0.2, 0.25) is 0 Å². The largest absolute Gasteiger partial charge is 0.444 e. The molecule has 0 unspecified atom stereocenters. The lowest BCUT2D eigenvalue weighted by molar-refractivity contribution is 0.0523. The van der Waals surface area contributed by atoms with Crippen molar-refractivity contribution >= 4 is 22.1 Å². The number of rotatable bonds is 2. The summed E-state index contributed by atoms with van der Waals surface area (Å²) >= 11 is 0. The predicted molar refractivity (Wildman–Crippen MR) is 72.7 cm³/mol. The zero-order valence-corrected chi connectivity index (χ0v) is 12.2. The number of nitrogens with one attached hydrogen (secondary N) is 2. The fraction of sp³-hybridized carbons (Fsp3) is 0.417. The summed E-state index contributed by atoms with van der Waals surface area (Å²) in [6, 6.07) is 4.79. The van der Waals surface area contributed by atoms with Gasteiger partial charge in [0.15, 0.2) is 5.75 Å². The minimum atomic E-state index is -3.74. The summed E-state index contributed by atoms with van der Waals surface area (Å²) in [5, 5.41) is 2.59. The van der Waals surface area contributed by atoms with Crippen LogP contribution in [-0.4, -0.2) is 20.1 Å². The highest BCUT2D eigenvalue weighted by Crippen LogP contribution is 2.33. The van der Waals surface area contributed by atoms with Gasteiger partial charge in [0.1, 0.15) is 5.60 Å². The second kappa shape index (κ2) is 4.86. The van der Waals surface area contributed by atoms with Crippen LogP contribution in [0, 0.1) is 0 Å². The Bertz CT molecular complexity index is 634. The molecule has 0 spiro atoms. The molecule has 0 radical (unpaired) electrons. The molecule has 1 heterocycles. The summed E-state index contributed by atoms with van der Waals surface area (Å²) < 4.78 is 34.4. The van der Waals surface area contributed by atoms with E-state index in [1.54, 1.807) is 32.9 Å². The summed E-state index contributed by atoms with van der Waals surface area (Å²) in [5.41, 5.74) is 0.516. The molecule has 7 nitrogen and oxygen atoms in total. The van der Waals surface area contributed by atoms with Gasteiger partial charge < -0.3 is 14.2 Å². The van der Waals surface area contributed by atoms with Crippen molar-refractivity contribution in [2.45, 2.75) is 32.9 Å². The summed E-state index contributed by atoms with van der Waals surface area (Å²) in [5.74, 6) is 0.242. The number of benzene rings is 1. The first-order chi connectivity index (χ1) is 9.15. The van der Waals surface area contributed by atoms with Crippen LogP contribution in [0.4, 0.5) is 10.5 Å². The van der Waals surface area contributed by atoms with Crippen molar-refractivity contribution < 1.29 is 22.1 Å². The molecule has 0 atom stereocenters. The van der Waals surface area contributed by atoms with Crippen LogP contribution in [0.15, 0.2) is 18.2 Å². The van der Waals surface area contributed by atoms with Crippen molar-refractivity contribution in [3.8, 4) is 5.75 Å². The zero-order chi connectivity index (χ0) is 15.0. The highest BCUT2D eigenvalue weighted by atomic mass is 32.2. The first-order valence-corrected chi connectivity index (χ1v) is 7.37. The van der Waals surface area contributed by atoms with Crippen molar-refractivity contribution in [1.29, 1.82) is 0 Å². The fourth-order valence-corrected chi connectivity index (χ4v) is 2.45. The van der Waals surface area contributed by atoms with Crippen LogP contribution in [-0.2, 0) is 21.6 Å². The maximum Gasteiger partial charge on any atom is 0.407 e. The molecule has 0 saturated carbocycles. The number of hydrogen-bond donors (Lipinski definition) is 2. The summed E-state index contributed by atoms with van der Waals surface area (Å²) in [4.78, 5) is 11.5. The highest BCUT2D eigenvalue weighted by molar-refractivity contribution is 7.88. The number of fused-ring (bicyclic) bond motifs is 1. The molecule has 1 aromatic carbocycles. The van der Waals surface area contributed by atoms with Crippen molar-refractivity contribution in [3.05, 3.63) is 23.8 Å². The van der Waals surface area contributed by atoms with E-state index in [1.807, 2.05) is 0 Å². The Hall–Kier alpha value is -1.96. The average molecular weight is 300 g/mol. The number of carbonyl (C=O) groups is 1. The smallest absolute Gasteiger partial charge is 0.407 e. The van der Waals surface area contributed by atoms with Crippen molar-refractivity contribution in [3.63, 3.8) is 0 Å². The Kier molecular flexibility index (Phi) is 3.51. The van der Waals surface area contributed by atoms with Crippen LogP contribution in [0.2, 0.25) is 0 Å². The number of amides is 1. The lowest BCUT2D eigenvalue weighted by Gasteiger charge is -2.19. The van der Waals surface area contributed by atoms with Gasteiger partial charge in [-0.1, -0.05) is 6.07 Å². The standard InChI is InChI=1S/C12H16N2O5S/c1-12(2,3)18-11(15)13-7-8-4-5-10-9(6-8)14-20(16,17)19-10/h4-6,14H,7H2,1-3H3,(H,13,15). The van der Waals surface area contributed by atoms with Gasteiger partial charge >= 0.3 is 16.4 Å². The van der Waals surface area contributed by atoms with E-state index in [0.29, 0.717) is 5.69 Å². The van der Waals surface area contributed by atoms with Crippen LogP contribution in [0.1, 0.15) is 26.3 Å². The Balaban J connectivity index is 1.98. The Morgan fingerprint density at radius 2 is 2.10 bits per heavy atom. The second-order valence-corrected chi connectivity index (χ2v) is 6.60. The highest BCUT2D eigenvalue weighted by Gasteiger charge is 2.25. The second-order valence-electron chi connectivity index (χ2n) is 5.33. The fourth-order valence-electron chi connectivity index (χ4n) is 1.60. The molecule has 8 heteroatoms. The first kappa shape index (κ1) is 14.4. The maximum atomic E-state index is 11.5. The third kappa shape index (κ3) is 3.77. The number of alkyl carbamates (subject to hydrolysis) is 1. The predicted octanol–water partition coefficient (Wildman–Crippen LogP) is 1.76. The van der Waals surface area contributed by atoms with Gasteiger partial charge in [0.05, 0.1) is 5.69 Å². The number of carbonyl (C=O) groups excluding carboxylic acids is 1. The molecule has 0 fully saturated rings. The molecule has 110 valence electrons. The molecule has 1 aromatic rings. The zero-order valence-electron chi connectivity index (χ0n) is 11.4. The third-order valence-corrected chi connectivity index (χ3v) is 3.18. The van der Waals surface area contributed by atoms with Gasteiger partial charge in [0, 0.05) is 6.54 Å². The Labute approximate surface area is 117 Å². The minimum Gasteiger partial charge on any atom is -0.444 e. The normalized spacial score (nSPS) is 15.8. The van der Waals surface area contributed by atoms with Crippen LogP contribution < -0.4 is 14.2 Å². The molecule has 1 aliphatic heterocycles. The molecule has 0 aromatic heterocycles. The van der Waals surface area contributed by atoms with Gasteiger partial charge in [0.25, 0.3) is 0 Å². The van der Waals surface area contributed by atoms with Crippen LogP contribution in [0.3, 0.4) is 0 Å². The van der Waals surface area contributed by atoms with E-state index in [4.69, 9.17) is 4.74 Å². The van der Waals surface area contributed by atoms with Crippen molar-refractivity contribution in [2.75, 3.05) is 4.72 Å². The monoisotopic (exact) mass is 300 g/mol. The number of hydrogen-bond acceptors (Lipinski definition) is 5. The van der Waals surface area contributed by atoms with Gasteiger partial charge in [-0.15, -0.1) is 0 Å².